The van der Waals surface area contributed by atoms with E-state index in [1.54, 1.807) is 0 Å². The van der Waals surface area contributed by atoms with Crippen molar-refractivity contribution in [3.05, 3.63) is 29.8 Å². The lowest BCUT2D eigenvalue weighted by atomic mass is 9.98. The predicted octanol–water partition coefficient (Wildman–Crippen LogP) is 2.69. The molecule has 1 aromatic carbocycles. The van der Waals surface area contributed by atoms with Crippen molar-refractivity contribution in [2.75, 3.05) is 12.9 Å². The molecule has 0 aliphatic heterocycles. The highest BCUT2D eigenvalue weighted by atomic mass is 32.2. The van der Waals surface area contributed by atoms with Gasteiger partial charge in [-0.05, 0) is 37.8 Å². The van der Waals surface area contributed by atoms with Crippen LogP contribution in [0.3, 0.4) is 0 Å². The van der Waals surface area contributed by atoms with Gasteiger partial charge in [-0.25, -0.2) is 0 Å². The molecule has 1 saturated carbocycles. The SMILES string of the molecule is COC(=O)[C@@H]1CCC[C@H]1CS(=O)c1ccc(C)cc1. The Morgan fingerprint density at radius 3 is 2.63 bits per heavy atom. The Labute approximate surface area is 116 Å². The van der Waals surface area contributed by atoms with Crippen LogP contribution in [-0.2, 0) is 20.3 Å². The number of benzene rings is 1. The summed E-state index contributed by atoms with van der Waals surface area (Å²) in [6, 6.07) is 7.76. The van der Waals surface area contributed by atoms with E-state index >= 15 is 0 Å². The molecule has 4 heteroatoms. The van der Waals surface area contributed by atoms with Crippen molar-refractivity contribution in [3.63, 3.8) is 0 Å². The Kier molecular flexibility index (Phi) is 4.75. The molecular formula is C15H20O3S. The molecule has 0 N–H and O–H groups in total. The number of hydrogen-bond acceptors (Lipinski definition) is 3. The van der Waals surface area contributed by atoms with E-state index in [9.17, 15) is 9.00 Å². The number of aryl methyl sites for hydroxylation is 1. The van der Waals surface area contributed by atoms with Crippen LogP contribution in [0.2, 0.25) is 0 Å². The van der Waals surface area contributed by atoms with Gasteiger partial charge >= 0.3 is 5.97 Å². The fraction of sp³-hybridized carbons (Fsp3) is 0.533. The van der Waals surface area contributed by atoms with Gasteiger partial charge in [0.2, 0.25) is 0 Å². The fourth-order valence-electron chi connectivity index (χ4n) is 2.68. The molecule has 1 fully saturated rings. The molecule has 3 atom stereocenters. The topological polar surface area (TPSA) is 43.4 Å². The zero-order chi connectivity index (χ0) is 13.8. The summed E-state index contributed by atoms with van der Waals surface area (Å²) >= 11 is 0. The summed E-state index contributed by atoms with van der Waals surface area (Å²) in [4.78, 5) is 12.5. The van der Waals surface area contributed by atoms with E-state index in [0.29, 0.717) is 5.75 Å². The highest BCUT2D eigenvalue weighted by Crippen LogP contribution is 2.34. The molecule has 0 bridgehead atoms. The van der Waals surface area contributed by atoms with Gasteiger partial charge in [0.1, 0.15) is 0 Å². The Bertz CT molecular complexity index is 467. The predicted molar refractivity (Wildman–Crippen MR) is 75.3 cm³/mol. The molecule has 104 valence electrons. The van der Waals surface area contributed by atoms with Gasteiger partial charge in [0, 0.05) is 10.6 Å². The lowest BCUT2D eigenvalue weighted by Gasteiger charge is -2.16. The zero-order valence-electron chi connectivity index (χ0n) is 11.4. The van der Waals surface area contributed by atoms with Gasteiger partial charge in [-0.1, -0.05) is 24.1 Å². The third-order valence-electron chi connectivity index (χ3n) is 3.81. The molecule has 0 heterocycles. The van der Waals surface area contributed by atoms with E-state index in [2.05, 4.69) is 0 Å². The molecule has 0 radical (unpaired) electrons. The second-order valence-corrected chi connectivity index (χ2v) is 6.64. The van der Waals surface area contributed by atoms with Gasteiger partial charge in [0.25, 0.3) is 0 Å². The summed E-state index contributed by atoms with van der Waals surface area (Å²) in [5, 5.41) is 0. The van der Waals surface area contributed by atoms with Gasteiger partial charge in [-0.2, -0.15) is 0 Å². The fourth-order valence-corrected chi connectivity index (χ4v) is 4.10. The molecule has 1 aliphatic rings. The second-order valence-electron chi connectivity index (χ2n) is 5.15. The van der Waals surface area contributed by atoms with E-state index in [1.807, 2.05) is 31.2 Å². The van der Waals surface area contributed by atoms with Crippen molar-refractivity contribution < 1.29 is 13.7 Å². The monoisotopic (exact) mass is 280 g/mol. The van der Waals surface area contributed by atoms with E-state index in [4.69, 9.17) is 4.74 Å². The van der Waals surface area contributed by atoms with Crippen LogP contribution in [0, 0.1) is 18.8 Å². The Morgan fingerprint density at radius 1 is 1.32 bits per heavy atom. The van der Waals surface area contributed by atoms with E-state index in [0.717, 1.165) is 29.7 Å². The molecule has 0 spiro atoms. The van der Waals surface area contributed by atoms with Gasteiger partial charge in [0.15, 0.2) is 0 Å². The van der Waals surface area contributed by atoms with E-state index < -0.39 is 10.8 Å². The van der Waals surface area contributed by atoms with Crippen LogP contribution in [0.25, 0.3) is 0 Å². The summed E-state index contributed by atoms with van der Waals surface area (Å²) in [6.07, 6.45) is 2.86. The number of ether oxygens (including phenoxy) is 1. The largest absolute Gasteiger partial charge is 0.469 e. The van der Waals surface area contributed by atoms with E-state index in [1.165, 1.54) is 7.11 Å². The van der Waals surface area contributed by atoms with Crippen molar-refractivity contribution in [2.24, 2.45) is 11.8 Å². The Balaban J connectivity index is 2.02. The normalized spacial score (nSPS) is 24.1. The minimum absolute atomic E-state index is 0.0700. The molecule has 19 heavy (non-hydrogen) atoms. The summed E-state index contributed by atoms with van der Waals surface area (Å²) in [5.74, 6) is 0.528. The maximum Gasteiger partial charge on any atom is 0.308 e. The van der Waals surface area contributed by atoms with Crippen LogP contribution in [0.15, 0.2) is 29.2 Å². The smallest absolute Gasteiger partial charge is 0.308 e. The van der Waals surface area contributed by atoms with Crippen LogP contribution in [0.4, 0.5) is 0 Å². The molecule has 1 aliphatic carbocycles. The third-order valence-corrected chi connectivity index (χ3v) is 5.34. The van der Waals surface area contributed by atoms with Crippen molar-refractivity contribution >= 4 is 16.8 Å². The number of methoxy groups -OCH3 is 1. The minimum atomic E-state index is -1.03. The molecule has 3 nitrogen and oxygen atoms in total. The lowest BCUT2D eigenvalue weighted by molar-refractivity contribution is -0.146. The first-order valence-corrected chi connectivity index (χ1v) is 7.96. The molecule has 0 saturated heterocycles. The number of esters is 1. The van der Waals surface area contributed by atoms with Crippen LogP contribution in [0.5, 0.6) is 0 Å². The number of hydrogen-bond donors (Lipinski definition) is 0. The lowest BCUT2D eigenvalue weighted by Crippen LogP contribution is -2.24. The molecule has 2 rings (SSSR count). The number of carbonyl (C=O) groups is 1. The molecule has 0 aromatic heterocycles. The molecule has 0 amide bonds. The second kappa shape index (κ2) is 6.33. The highest BCUT2D eigenvalue weighted by Gasteiger charge is 2.34. The maximum atomic E-state index is 12.3. The summed E-state index contributed by atoms with van der Waals surface area (Å²) in [6.45, 7) is 2.01. The Hall–Kier alpha value is -1.16. The molecule has 1 unspecified atom stereocenters. The van der Waals surface area contributed by atoms with Crippen molar-refractivity contribution in [1.82, 2.24) is 0 Å². The minimum Gasteiger partial charge on any atom is -0.469 e. The summed E-state index contributed by atoms with van der Waals surface area (Å²) in [5.41, 5.74) is 1.16. The molecular weight excluding hydrogens is 260 g/mol. The third kappa shape index (κ3) is 3.44. The van der Waals surface area contributed by atoms with Crippen molar-refractivity contribution in [3.8, 4) is 0 Å². The van der Waals surface area contributed by atoms with Crippen LogP contribution in [-0.4, -0.2) is 23.0 Å². The summed E-state index contributed by atoms with van der Waals surface area (Å²) < 4.78 is 17.2. The highest BCUT2D eigenvalue weighted by molar-refractivity contribution is 7.85. The average molecular weight is 280 g/mol. The van der Waals surface area contributed by atoms with E-state index in [-0.39, 0.29) is 17.8 Å². The van der Waals surface area contributed by atoms with Crippen LogP contribution >= 0.6 is 0 Å². The van der Waals surface area contributed by atoms with Crippen molar-refractivity contribution in [1.29, 1.82) is 0 Å². The number of rotatable bonds is 4. The first-order valence-electron chi connectivity index (χ1n) is 6.64. The Morgan fingerprint density at radius 2 is 2.00 bits per heavy atom. The van der Waals surface area contributed by atoms with Gasteiger partial charge in [-0.15, -0.1) is 0 Å². The maximum absolute atomic E-state index is 12.3. The average Bonchev–Trinajstić information content (AvgIpc) is 2.86. The first-order chi connectivity index (χ1) is 9.11. The standard InChI is InChI=1S/C15H20O3S/c1-11-6-8-13(9-7-11)19(17)10-12-4-3-5-14(12)15(16)18-2/h6-9,12,14H,3-5,10H2,1-2H3/t12-,14+,19?/m0/s1. The summed E-state index contributed by atoms with van der Waals surface area (Å²) in [7, 11) is 0.397. The van der Waals surface area contributed by atoms with Crippen molar-refractivity contribution in [2.45, 2.75) is 31.1 Å². The van der Waals surface area contributed by atoms with Crippen LogP contribution in [0.1, 0.15) is 24.8 Å². The van der Waals surface area contributed by atoms with Gasteiger partial charge < -0.3 is 4.74 Å². The number of carbonyl (C=O) groups excluding carboxylic acids is 1. The zero-order valence-corrected chi connectivity index (χ0v) is 12.2. The van der Waals surface area contributed by atoms with Crippen LogP contribution < -0.4 is 0 Å². The molecule has 1 aromatic rings. The van der Waals surface area contributed by atoms with Gasteiger partial charge in [-0.3, -0.25) is 9.00 Å². The van der Waals surface area contributed by atoms with Gasteiger partial charge in [0.05, 0.1) is 23.8 Å². The quantitative estimate of drug-likeness (QED) is 0.796. The first kappa shape index (κ1) is 14.3.